The van der Waals surface area contributed by atoms with Gasteiger partial charge in [-0.25, -0.2) is 0 Å². The molecule has 1 nitrogen and oxygen atoms in total. The lowest BCUT2D eigenvalue weighted by atomic mass is 9.71. The third-order valence-corrected chi connectivity index (χ3v) is 3.32. The van der Waals surface area contributed by atoms with Gasteiger partial charge in [0.05, 0.1) is 5.60 Å². The van der Waals surface area contributed by atoms with E-state index in [1.54, 1.807) is 0 Å². The predicted molar refractivity (Wildman–Crippen MR) is 47.4 cm³/mol. The van der Waals surface area contributed by atoms with Crippen molar-refractivity contribution < 1.29 is 5.11 Å². The van der Waals surface area contributed by atoms with Crippen LogP contribution in [0.3, 0.4) is 0 Å². The van der Waals surface area contributed by atoms with Crippen molar-refractivity contribution in [2.45, 2.75) is 52.1 Å². The van der Waals surface area contributed by atoms with Crippen LogP contribution >= 0.6 is 0 Å². The quantitative estimate of drug-likeness (QED) is 0.618. The van der Waals surface area contributed by atoms with Gasteiger partial charge in [0, 0.05) is 0 Å². The average molecular weight is 156 g/mol. The van der Waals surface area contributed by atoms with Gasteiger partial charge in [-0.05, 0) is 31.1 Å². The van der Waals surface area contributed by atoms with E-state index >= 15 is 0 Å². The second-order valence-corrected chi connectivity index (χ2v) is 4.24. The first-order valence-electron chi connectivity index (χ1n) is 4.81. The van der Waals surface area contributed by atoms with Crippen molar-refractivity contribution in [2.24, 2.45) is 11.8 Å². The van der Waals surface area contributed by atoms with Crippen molar-refractivity contribution in [3.8, 4) is 0 Å². The Morgan fingerprint density at radius 3 is 2.45 bits per heavy atom. The summed E-state index contributed by atoms with van der Waals surface area (Å²) in [5.41, 5.74) is -0.350. The Morgan fingerprint density at radius 1 is 1.36 bits per heavy atom. The van der Waals surface area contributed by atoms with E-state index in [9.17, 15) is 5.11 Å². The van der Waals surface area contributed by atoms with Gasteiger partial charge in [0.1, 0.15) is 0 Å². The Morgan fingerprint density at radius 2 is 2.00 bits per heavy atom. The number of rotatable bonds is 1. The molecule has 1 rings (SSSR count). The molecule has 1 heteroatoms. The van der Waals surface area contributed by atoms with E-state index in [0.29, 0.717) is 5.92 Å². The maximum Gasteiger partial charge on any atom is 0.0673 e. The minimum atomic E-state index is -0.350. The monoisotopic (exact) mass is 156 g/mol. The maximum absolute atomic E-state index is 10.1. The molecule has 0 spiro atoms. The minimum absolute atomic E-state index is 0.350. The molecule has 0 aromatic carbocycles. The molecule has 1 saturated carbocycles. The zero-order valence-electron chi connectivity index (χ0n) is 7.93. The highest BCUT2D eigenvalue weighted by Crippen LogP contribution is 2.38. The molecule has 0 aromatic heterocycles. The van der Waals surface area contributed by atoms with Crippen LogP contribution in [0.2, 0.25) is 0 Å². The molecule has 0 radical (unpaired) electrons. The van der Waals surface area contributed by atoms with Crippen molar-refractivity contribution in [1.29, 1.82) is 0 Å². The zero-order chi connectivity index (χ0) is 8.48. The van der Waals surface area contributed by atoms with Gasteiger partial charge in [-0.3, -0.25) is 0 Å². The normalized spacial score (nSPS) is 45.8. The molecule has 1 N–H and O–H groups in total. The van der Waals surface area contributed by atoms with Crippen LogP contribution < -0.4 is 0 Å². The van der Waals surface area contributed by atoms with E-state index in [0.717, 1.165) is 18.8 Å². The highest BCUT2D eigenvalue weighted by atomic mass is 16.3. The topological polar surface area (TPSA) is 20.2 Å². The summed E-state index contributed by atoms with van der Waals surface area (Å²) in [6.07, 6.45) is 4.41. The summed E-state index contributed by atoms with van der Waals surface area (Å²) >= 11 is 0. The fraction of sp³-hybridized carbons (Fsp3) is 1.00. The molecular formula is C10H20O. The van der Waals surface area contributed by atoms with Crippen molar-refractivity contribution in [3.63, 3.8) is 0 Å². The molecule has 0 aliphatic heterocycles. The summed E-state index contributed by atoms with van der Waals surface area (Å²) in [5.74, 6) is 1.22. The second-order valence-electron chi connectivity index (χ2n) is 4.24. The molecule has 0 heterocycles. The molecule has 1 fully saturated rings. The Labute approximate surface area is 69.8 Å². The van der Waals surface area contributed by atoms with E-state index in [2.05, 4.69) is 20.8 Å². The third-order valence-electron chi connectivity index (χ3n) is 3.32. The Balaban J connectivity index is 2.60. The van der Waals surface area contributed by atoms with Crippen molar-refractivity contribution >= 4 is 0 Å². The number of hydrogen-bond donors (Lipinski definition) is 1. The Kier molecular flexibility index (Phi) is 2.58. The Hall–Kier alpha value is -0.0400. The van der Waals surface area contributed by atoms with E-state index in [1.165, 1.54) is 12.8 Å². The first-order valence-corrected chi connectivity index (χ1v) is 4.81. The largest absolute Gasteiger partial charge is 0.390 e. The fourth-order valence-corrected chi connectivity index (χ4v) is 2.20. The van der Waals surface area contributed by atoms with Gasteiger partial charge >= 0.3 is 0 Å². The van der Waals surface area contributed by atoms with Crippen LogP contribution in [0.25, 0.3) is 0 Å². The van der Waals surface area contributed by atoms with Crippen molar-refractivity contribution in [3.05, 3.63) is 0 Å². The lowest BCUT2D eigenvalue weighted by Gasteiger charge is -2.40. The van der Waals surface area contributed by atoms with Crippen LogP contribution in [0.1, 0.15) is 46.5 Å². The van der Waals surface area contributed by atoms with Crippen LogP contribution in [0, 0.1) is 11.8 Å². The van der Waals surface area contributed by atoms with E-state index < -0.39 is 0 Å². The van der Waals surface area contributed by atoms with Gasteiger partial charge in [-0.2, -0.15) is 0 Å². The summed E-state index contributed by atoms with van der Waals surface area (Å²) in [7, 11) is 0. The van der Waals surface area contributed by atoms with Crippen molar-refractivity contribution in [1.82, 2.24) is 0 Å². The Bertz CT molecular complexity index is 133. The molecule has 3 atom stereocenters. The summed E-state index contributed by atoms with van der Waals surface area (Å²) < 4.78 is 0. The summed E-state index contributed by atoms with van der Waals surface area (Å²) in [6, 6.07) is 0. The fourth-order valence-electron chi connectivity index (χ4n) is 2.20. The van der Waals surface area contributed by atoms with Gasteiger partial charge in [-0.15, -0.1) is 0 Å². The van der Waals surface area contributed by atoms with Gasteiger partial charge in [0.25, 0.3) is 0 Å². The molecule has 11 heavy (non-hydrogen) atoms. The number of hydrogen-bond acceptors (Lipinski definition) is 1. The second kappa shape index (κ2) is 3.14. The van der Waals surface area contributed by atoms with Gasteiger partial charge in [0.2, 0.25) is 0 Å². The summed E-state index contributed by atoms with van der Waals surface area (Å²) in [5, 5.41) is 10.1. The van der Waals surface area contributed by atoms with Gasteiger partial charge in [0.15, 0.2) is 0 Å². The lowest BCUT2D eigenvalue weighted by molar-refractivity contribution is -0.0592. The van der Waals surface area contributed by atoms with Crippen LogP contribution in [0.4, 0.5) is 0 Å². The molecule has 0 saturated heterocycles. The molecule has 1 aliphatic carbocycles. The van der Waals surface area contributed by atoms with E-state index in [1.807, 2.05) is 0 Å². The average Bonchev–Trinajstić information content (AvgIpc) is 1.98. The summed E-state index contributed by atoms with van der Waals surface area (Å²) in [4.78, 5) is 0. The maximum atomic E-state index is 10.1. The lowest BCUT2D eigenvalue weighted by Crippen LogP contribution is -2.40. The molecule has 0 amide bonds. The molecule has 1 aliphatic rings. The first-order chi connectivity index (χ1) is 5.08. The zero-order valence-corrected chi connectivity index (χ0v) is 7.93. The van der Waals surface area contributed by atoms with E-state index in [-0.39, 0.29) is 5.60 Å². The van der Waals surface area contributed by atoms with Gasteiger partial charge in [-0.1, -0.05) is 27.2 Å². The van der Waals surface area contributed by atoms with Crippen LogP contribution in [-0.4, -0.2) is 10.7 Å². The smallest absolute Gasteiger partial charge is 0.0673 e. The summed E-state index contributed by atoms with van der Waals surface area (Å²) in [6.45, 7) is 6.51. The molecule has 3 unspecified atom stereocenters. The number of aliphatic hydroxyl groups is 1. The van der Waals surface area contributed by atoms with Crippen LogP contribution in [-0.2, 0) is 0 Å². The molecule has 0 aromatic rings. The van der Waals surface area contributed by atoms with E-state index in [4.69, 9.17) is 0 Å². The SMILES string of the molecule is CCC1(O)CC(C)CCC1C. The highest BCUT2D eigenvalue weighted by Gasteiger charge is 2.36. The predicted octanol–water partition coefficient (Wildman–Crippen LogP) is 2.58. The third kappa shape index (κ3) is 1.76. The minimum Gasteiger partial charge on any atom is -0.390 e. The standard InChI is InChI=1S/C10H20O/c1-4-10(11)7-8(2)5-6-9(10)3/h8-9,11H,4-7H2,1-3H3. The molecular weight excluding hydrogens is 136 g/mol. The van der Waals surface area contributed by atoms with Gasteiger partial charge < -0.3 is 5.11 Å². The molecule has 0 bridgehead atoms. The van der Waals surface area contributed by atoms with Crippen LogP contribution in [0.15, 0.2) is 0 Å². The first kappa shape index (κ1) is 9.05. The van der Waals surface area contributed by atoms with Crippen LogP contribution in [0.5, 0.6) is 0 Å². The van der Waals surface area contributed by atoms with Crippen molar-refractivity contribution in [2.75, 3.05) is 0 Å². The molecule has 66 valence electrons. The highest BCUT2D eigenvalue weighted by molar-refractivity contribution is 4.88.